The van der Waals surface area contributed by atoms with Crippen LogP contribution in [-0.2, 0) is 9.53 Å². The summed E-state index contributed by atoms with van der Waals surface area (Å²) in [4.78, 5) is 15.1. The highest BCUT2D eigenvalue weighted by Crippen LogP contribution is 2.40. The molecule has 1 N–H and O–H groups in total. The smallest absolute Gasteiger partial charge is 0.244 e. The molecule has 7 heteroatoms. The first-order valence-corrected chi connectivity index (χ1v) is 10.5. The molecule has 4 rings (SSSR count). The first-order chi connectivity index (χ1) is 15.2. The van der Waals surface area contributed by atoms with Gasteiger partial charge >= 0.3 is 0 Å². The minimum absolute atomic E-state index is 0.105. The minimum atomic E-state index is -0.157. The van der Waals surface area contributed by atoms with Crippen LogP contribution in [0.3, 0.4) is 0 Å². The topological polar surface area (TPSA) is 69.3 Å². The van der Waals surface area contributed by atoms with E-state index in [1.807, 2.05) is 42.5 Å². The molecule has 2 aliphatic heterocycles. The molecule has 2 aliphatic rings. The first kappa shape index (κ1) is 21.2. The van der Waals surface area contributed by atoms with E-state index >= 15 is 0 Å². The fourth-order valence-electron chi connectivity index (χ4n) is 3.74. The van der Waals surface area contributed by atoms with Crippen LogP contribution in [0.1, 0.15) is 17.2 Å². The van der Waals surface area contributed by atoms with Crippen molar-refractivity contribution in [3.8, 4) is 17.2 Å². The number of rotatable bonds is 7. The number of fused-ring (bicyclic) bond motifs is 1. The van der Waals surface area contributed by atoms with Crippen LogP contribution in [0.15, 0.2) is 48.5 Å². The number of amides is 1. The van der Waals surface area contributed by atoms with E-state index in [4.69, 9.17) is 18.9 Å². The van der Waals surface area contributed by atoms with Crippen molar-refractivity contribution in [1.82, 2.24) is 10.2 Å². The molecule has 1 atom stereocenters. The second kappa shape index (κ2) is 10.3. The fraction of sp³-hybridized carbons (Fsp3) is 0.375. The van der Waals surface area contributed by atoms with Crippen LogP contribution in [0.5, 0.6) is 17.2 Å². The number of nitrogens with one attached hydrogen (secondary N) is 1. The van der Waals surface area contributed by atoms with E-state index in [2.05, 4.69) is 10.2 Å². The third kappa shape index (κ3) is 5.57. The molecule has 0 spiro atoms. The van der Waals surface area contributed by atoms with Gasteiger partial charge in [0.15, 0.2) is 11.5 Å². The van der Waals surface area contributed by atoms with Gasteiger partial charge in [-0.2, -0.15) is 0 Å². The zero-order chi connectivity index (χ0) is 21.5. The first-order valence-electron chi connectivity index (χ1n) is 10.5. The largest absolute Gasteiger partial charge is 0.493 e. The normalized spacial score (nSPS) is 17.3. The average molecular weight is 424 g/mol. The maximum Gasteiger partial charge on any atom is 0.244 e. The molecule has 0 aliphatic carbocycles. The number of benzene rings is 2. The van der Waals surface area contributed by atoms with Crippen molar-refractivity contribution in [2.75, 3.05) is 53.2 Å². The lowest BCUT2D eigenvalue weighted by atomic mass is 10.1. The second-order valence-corrected chi connectivity index (χ2v) is 7.47. The van der Waals surface area contributed by atoms with E-state index in [0.717, 1.165) is 44.0 Å². The number of morpholine rings is 1. The van der Waals surface area contributed by atoms with Crippen molar-refractivity contribution in [2.24, 2.45) is 0 Å². The summed E-state index contributed by atoms with van der Waals surface area (Å²) < 4.78 is 22.2. The minimum Gasteiger partial charge on any atom is -0.493 e. The average Bonchev–Trinajstić information content (AvgIpc) is 2.83. The number of ether oxygens (including phenoxy) is 4. The Kier molecular flexibility index (Phi) is 7.07. The standard InChI is InChI=1S/C24H28N2O5/c1-28-21-15-18(16-22-24(21)31-14-13-30-22)7-8-23(27)25-20(19-5-3-2-4-6-19)17-26-9-11-29-12-10-26/h2-8,15-16,20H,9-14,17H2,1H3,(H,25,27)/b8-7+/t20-/m1/s1. The third-order valence-electron chi connectivity index (χ3n) is 5.34. The molecule has 0 bridgehead atoms. The Morgan fingerprint density at radius 2 is 1.90 bits per heavy atom. The summed E-state index contributed by atoms with van der Waals surface area (Å²) in [5, 5.41) is 3.15. The predicted octanol–water partition coefficient (Wildman–Crippen LogP) is 2.67. The molecule has 164 valence electrons. The van der Waals surface area contributed by atoms with Crippen LogP contribution in [0.2, 0.25) is 0 Å². The number of methoxy groups -OCH3 is 1. The van der Waals surface area contributed by atoms with Crippen molar-refractivity contribution >= 4 is 12.0 Å². The monoisotopic (exact) mass is 424 g/mol. The van der Waals surface area contributed by atoms with Gasteiger partial charge in [0.25, 0.3) is 0 Å². The van der Waals surface area contributed by atoms with E-state index in [9.17, 15) is 4.79 Å². The summed E-state index contributed by atoms with van der Waals surface area (Å²) in [5.74, 6) is 1.66. The molecule has 0 saturated carbocycles. The lowest BCUT2D eigenvalue weighted by Gasteiger charge is -2.31. The molecule has 2 aromatic carbocycles. The Morgan fingerprint density at radius 1 is 1.13 bits per heavy atom. The molecular formula is C24H28N2O5. The second-order valence-electron chi connectivity index (χ2n) is 7.47. The van der Waals surface area contributed by atoms with Crippen molar-refractivity contribution < 1.29 is 23.7 Å². The van der Waals surface area contributed by atoms with Crippen LogP contribution in [0.25, 0.3) is 6.08 Å². The molecular weight excluding hydrogens is 396 g/mol. The van der Waals surface area contributed by atoms with Crippen molar-refractivity contribution in [3.63, 3.8) is 0 Å². The molecule has 7 nitrogen and oxygen atoms in total. The van der Waals surface area contributed by atoms with Crippen molar-refractivity contribution in [1.29, 1.82) is 0 Å². The molecule has 2 aromatic rings. The summed E-state index contributed by atoms with van der Waals surface area (Å²) in [7, 11) is 1.59. The summed E-state index contributed by atoms with van der Waals surface area (Å²) in [6, 6.07) is 13.6. The number of hydrogen-bond donors (Lipinski definition) is 1. The number of nitrogens with zero attached hydrogens (tertiary/aromatic N) is 1. The van der Waals surface area contributed by atoms with E-state index in [1.165, 1.54) is 0 Å². The molecule has 1 amide bonds. The van der Waals surface area contributed by atoms with Gasteiger partial charge in [0.1, 0.15) is 13.2 Å². The molecule has 2 heterocycles. The number of carbonyl (C=O) groups excluding carboxylic acids is 1. The number of hydrogen-bond acceptors (Lipinski definition) is 6. The fourth-order valence-corrected chi connectivity index (χ4v) is 3.74. The van der Waals surface area contributed by atoms with Crippen LogP contribution >= 0.6 is 0 Å². The van der Waals surface area contributed by atoms with Gasteiger partial charge in [-0.25, -0.2) is 0 Å². The van der Waals surface area contributed by atoms with Gasteiger partial charge in [0.05, 0.1) is 26.4 Å². The Balaban J connectivity index is 1.46. The van der Waals surface area contributed by atoms with Gasteiger partial charge in [0, 0.05) is 25.7 Å². The van der Waals surface area contributed by atoms with Crippen molar-refractivity contribution in [2.45, 2.75) is 6.04 Å². The van der Waals surface area contributed by atoms with Gasteiger partial charge in [-0.3, -0.25) is 9.69 Å². The summed E-state index contributed by atoms with van der Waals surface area (Å²) in [6.45, 7) is 4.90. The summed E-state index contributed by atoms with van der Waals surface area (Å²) in [5.41, 5.74) is 1.89. The van der Waals surface area contributed by atoms with Crippen molar-refractivity contribution in [3.05, 3.63) is 59.7 Å². The summed E-state index contributed by atoms with van der Waals surface area (Å²) >= 11 is 0. The Morgan fingerprint density at radius 3 is 2.68 bits per heavy atom. The highest BCUT2D eigenvalue weighted by Gasteiger charge is 2.20. The van der Waals surface area contributed by atoms with E-state index < -0.39 is 0 Å². The zero-order valence-corrected chi connectivity index (χ0v) is 17.7. The molecule has 0 unspecified atom stereocenters. The molecule has 31 heavy (non-hydrogen) atoms. The van der Waals surface area contributed by atoms with E-state index in [1.54, 1.807) is 19.3 Å². The highest BCUT2D eigenvalue weighted by atomic mass is 16.6. The molecule has 0 radical (unpaired) electrons. The Labute approximate surface area is 182 Å². The van der Waals surface area contributed by atoms with Gasteiger partial charge in [-0.05, 0) is 29.3 Å². The Bertz CT molecular complexity index is 892. The molecule has 1 fully saturated rings. The highest BCUT2D eigenvalue weighted by molar-refractivity contribution is 5.92. The van der Waals surface area contributed by atoms with Gasteiger partial charge in [-0.15, -0.1) is 0 Å². The maximum atomic E-state index is 12.8. The zero-order valence-electron chi connectivity index (χ0n) is 17.7. The lowest BCUT2D eigenvalue weighted by molar-refractivity contribution is -0.117. The predicted molar refractivity (Wildman–Crippen MR) is 118 cm³/mol. The van der Waals surface area contributed by atoms with Crippen LogP contribution in [0.4, 0.5) is 0 Å². The quantitative estimate of drug-likeness (QED) is 0.690. The molecule has 1 saturated heterocycles. The van der Waals surface area contributed by atoms with Crippen LogP contribution < -0.4 is 19.5 Å². The third-order valence-corrected chi connectivity index (χ3v) is 5.34. The molecule has 0 aromatic heterocycles. The van der Waals surface area contributed by atoms with Gasteiger partial charge < -0.3 is 24.3 Å². The van der Waals surface area contributed by atoms with Gasteiger partial charge in [-0.1, -0.05) is 30.3 Å². The van der Waals surface area contributed by atoms with E-state index in [0.29, 0.717) is 30.5 Å². The lowest BCUT2D eigenvalue weighted by Crippen LogP contribution is -2.42. The number of carbonyl (C=O) groups is 1. The summed E-state index contributed by atoms with van der Waals surface area (Å²) in [6.07, 6.45) is 3.30. The van der Waals surface area contributed by atoms with Gasteiger partial charge in [0.2, 0.25) is 11.7 Å². The van der Waals surface area contributed by atoms with Crippen LogP contribution in [-0.4, -0.2) is 64.0 Å². The maximum absolute atomic E-state index is 12.8. The van der Waals surface area contributed by atoms with E-state index in [-0.39, 0.29) is 11.9 Å². The Hall–Kier alpha value is -3.03. The SMILES string of the molecule is COc1cc(/C=C/C(=O)N[C@H](CN2CCOCC2)c2ccccc2)cc2c1OCCO2. The van der Waals surface area contributed by atoms with Crippen LogP contribution in [0, 0.1) is 0 Å².